The molecular weight excluding hydrogens is 260 g/mol. The Labute approximate surface area is 125 Å². The molecule has 0 saturated heterocycles. The van der Waals surface area contributed by atoms with Crippen molar-refractivity contribution in [2.75, 3.05) is 0 Å². The van der Waals surface area contributed by atoms with Crippen LogP contribution in [0.1, 0.15) is 55.3 Å². The van der Waals surface area contributed by atoms with Crippen LogP contribution in [0.15, 0.2) is 29.1 Å². The van der Waals surface area contributed by atoms with Gasteiger partial charge in [-0.1, -0.05) is 43.2 Å². The summed E-state index contributed by atoms with van der Waals surface area (Å²) in [4.78, 5) is 19.3. The van der Waals surface area contributed by atoms with E-state index in [-0.39, 0.29) is 5.69 Å². The maximum absolute atomic E-state index is 12.0. The lowest BCUT2D eigenvalue weighted by Crippen LogP contribution is -2.22. The number of hydrogen-bond donors (Lipinski definition) is 1. The van der Waals surface area contributed by atoms with Crippen molar-refractivity contribution >= 4 is 0 Å². The Bertz CT molecular complexity index is 685. The molecule has 0 amide bonds. The van der Waals surface area contributed by atoms with Gasteiger partial charge in [0.1, 0.15) is 0 Å². The first-order chi connectivity index (χ1) is 10.2. The number of nitrogens with zero attached hydrogens (tertiary/aromatic N) is 1. The number of aryl methyl sites for hydroxylation is 1. The zero-order valence-electron chi connectivity index (χ0n) is 12.8. The van der Waals surface area contributed by atoms with Crippen LogP contribution in [0.2, 0.25) is 0 Å². The zero-order chi connectivity index (χ0) is 14.8. The lowest BCUT2D eigenvalue weighted by Gasteiger charge is -2.26. The minimum Gasteiger partial charge on any atom is -0.309 e. The van der Waals surface area contributed by atoms with E-state index in [1.807, 2.05) is 0 Å². The minimum atomic E-state index is -0.215. The molecule has 3 nitrogen and oxygen atoms in total. The third kappa shape index (κ3) is 2.78. The van der Waals surface area contributed by atoms with Crippen LogP contribution in [0.25, 0.3) is 11.3 Å². The van der Waals surface area contributed by atoms with Gasteiger partial charge in [-0.15, -0.1) is 0 Å². The fourth-order valence-corrected chi connectivity index (χ4v) is 3.37. The Hall–Kier alpha value is -1.90. The van der Waals surface area contributed by atoms with Gasteiger partial charge in [-0.2, -0.15) is 4.98 Å². The van der Waals surface area contributed by atoms with Crippen LogP contribution >= 0.6 is 0 Å². The Balaban J connectivity index is 2.13. The van der Waals surface area contributed by atoms with E-state index in [0.717, 1.165) is 36.2 Å². The maximum atomic E-state index is 12.0. The van der Waals surface area contributed by atoms with Gasteiger partial charge in [-0.25, -0.2) is 4.79 Å². The zero-order valence-corrected chi connectivity index (χ0v) is 12.8. The van der Waals surface area contributed by atoms with E-state index in [4.69, 9.17) is 0 Å². The first kappa shape index (κ1) is 14.1. The van der Waals surface area contributed by atoms with Crippen LogP contribution in [0.5, 0.6) is 0 Å². The first-order valence-corrected chi connectivity index (χ1v) is 7.89. The predicted octanol–water partition coefficient (Wildman–Crippen LogP) is 3.97. The molecule has 0 saturated carbocycles. The summed E-state index contributed by atoms with van der Waals surface area (Å²) in [5.41, 5.74) is 5.34. The Morgan fingerprint density at radius 1 is 1.29 bits per heavy atom. The van der Waals surface area contributed by atoms with Crippen LogP contribution in [-0.2, 0) is 6.42 Å². The fraction of sp³-hybridized carbons (Fsp3) is 0.444. The van der Waals surface area contributed by atoms with Crippen molar-refractivity contribution in [2.45, 2.75) is 51.9 Å². The van der Waals surface area contributed by atoms with Crippen LogP contribution in [-0.4, -0.2) is 9.97 Å². The lowest BCUT2D eigenvalue weighted by atomic mass is 9.82. The Morgan fingerprint density at radius 2 is 2.05 bits per heavy atom. The topological polar surface area (TPSA) is 45.8 Å². The number of aromatic amines is 1. The maximum Gasteiger partial charge on any atom is 0.345 e. The Morgan fingerprint density at radius 3 is 2.76 bits per heavy atom. The van der Waals surface area contributed by atoms with E-state index in [2.05, 4.69) is 48.1 Å². The van der Waals surface area contributed by atoms with Crippen molar-refractivity contribution in [3.63, 3.8) is 0 Å². The third-order valence-electron chi connectivity index (χ3n) is 4.42. The number of rotatable bonds is 3. The second-order valence-corrected chi connectivity index (χ2v) is 6.03. The molecule has 21 heavy (non-hydrogen) atoms. The molecule has 1 N–H and O–H groups in total. The van der Waals surface area contributed by atoms with Gasteiger partial charge in [0.25, 0.3) is 0 Å². The molecule has 0 spiro atoms. The Kier molecular flexibility index (Phi) is 3.91. The summed E-state index contributed by atoms with van der Waals surface area (Å²) in [7, 11) is 0. The van der Waals surface area contributed by atoms with Gasteiger partial charge in [0.15, 0.2) is 0 Å². The molecule has 0 bridgehead atoms. The molecular formula is C18H22N2O. The molecule has 0 fully saturated rings. The molecule has 3 heteroatoms. The molecule has 1 aliphatic carbocycles. The number of benzene rings is 1. The summed E-state index contributed by atoms with van der Waals surface area (Å²) in [6.45, 7) is 4.27. The highest BCUT2D eigenvalue weighted by atomic mass is 16.1. The lowest BCUT2D eigenvalue weighted by molar-refractivity contribution is 0.498. The summed E-state index contributed by atoms with van der Waals surface area (Å²) < 4.78 is 0. The molecule has 1 atom stereocenters. The van der Waals surface area contributed by atoms with Gasteiger partial charge in [-0.3, -0.25) is 0 Å². The van der Waals surface area contributed by atoms with Gasteiger partial charge in [0, 0.05) is 11.3 Å². The molecule has 1 heterocycles. The van der Waals surface area contributed by atoms with Crippen molar-refractivity contribution < 1.29 is 0 Å². The summed E-state index contributed by atoms with van der Waals surface area (Å²) >= 11 is 0. The monoisotopic (exact) mass is 282 g/mol. The van der Waals surface area contributed by atoms with Crippen molar-refractivity contribution in [1.82, 2.24) is 9.97 Å². The van der Waals surface area contributed by atoms with Gasteiger partial charge in [0.2, 0.25) is 0 Å². The van der Waals surface area contributed by atoms with E-state index in [0.29, 0.717) is 5.92 Å². The second-order valence-electron chi connectivity index (χ2n) is 6.03. The van der Waals surface area contributed by atoms with Crippen LogP contribution in [0.3, 0.4) is 0 Å². The van der Waals surface area contributed by atoms with Crippen molar-refractivity contribution in [1.29, 1.82) is 0 Å². The van der Waals surface area contributed by atoms with Gasteiger partial charge in [0.05, 0.1) is 5.69 Å². The van der Waals surface area contributed by atoms with E-state index in [9.17, 15) is 4.79 Å². The highest BCUT2D eigenvalue weighted by molar-refractivity contribution is 5.64. The smallest absolute Gasteiger partial charge is 0.309 e. The van der Waals surface area contributed by atoms with E-state index < -0.39 is 0 Å². The summed E-state index contributed by atoms with van der Waals surface area (Å²) in [5.74, 6) is 0.485. The SMILES string of the molecule is CCCC1CCCc2c(-c3ccc(C)cc3)nc(=O)[nH]c21. The molecule has 1 aromatic carbocycles. The quantitative estimate of drug-likeness (QED) is 0.926. The number of hydrogen-bond acceptors (Lipinski definition) is 2. The normalized spacial score (nSPS) is 17.5. The van der Waals surface area contributed by atoms with E-state index in [1.54, 1.807) is 0 Å². The highest BCUT2D eigenvalue weighted by Gasteiger charge is 2.24. The van der Waals surface area contributed by atoms with Crippen molar-refractivity contribution in [2.24, 2.45) is 0 Å². The average Bonchev–Trinajstić information content (AvgIpc) is 2.48. The molecule has 0 aliphatic heterocycles. The van der Waals surface area contributed by atoms with Gasteiger partial charge >= 0.3 is 5.69 Å². The highest BCUT2D eigenvalue weighted by Crippen LogP contribution is 2.36. The predicted molar refractivity (Wildman–Crippen MR) is 85.6 cm³/mol. The van der Waals surface area contributed by atoms with Crippen LogP contribution in [0.4, 0.5) is 0 Å². The molecule has 3 rings (SSSR count). The number of nitrogens with one attached hydrogen (secondary N) is 1. The summed E-state index contributed by atoms with van der Waals surface area (Å²) in [6, 6.07) is 8.30. The molecule has 1 unspecified atom stereocenters. The fourth-order valence-electron chi connectivity index (χ4n) is 3.37. The van der Waals surface area contributed by atoms with E-state index >= 15 is 0 Å². The molecule has 110 valence electrons. The molecule has 1 aliphatic rings. The molecule has 0 radical (unpaired) electrons. The second kappa shape index (κ2) is 5.84. The molecule has 1 aromatic heterocycles. The van der Waals surface area contributed by atoms with Gasteiger partial charge < -0.3 is 4.98 Å². The average molecular weight is 282 g/mol. The summed E-state index contributed by atoms with van der Waals surface area (Å²) in [6.07, 6.45) is 5.66. The third-order valence-corrected chi connectivity index (χ3v) is 4.42. The first-order valence-electron chi connectivity index (χ1n) is 7.89. The largest absolute Gasteiger partial charge is 0.345 e. The van der Waals surface area contributed by atoms with Crippen molar-refractivity contribution in [3.05, 3.63) is 51.6 Å². The minimum absolute atomic E-state index is 0.215. The number of fused-ring (bicyclic) bond motifs is 1. The van der Waals surface area contributed by atoms with Crippen LogP contribution < -0.4 is 5.69 Å². The summed E-state index contributed by atoms with van der Waals surface area (Å²) in [5, 5.41) is 0. The van der Waals surface area contributed by atoms with Crippen molar-refractivity contribution in [3.8, 4) is 11.3 Å². The van der Waals surface area contributed by atoms with E-state index in [1.165, 1.54) is 24.0 Å². The van der Waals surface area contributed by atoms with Crippen LogP contribution in [0, 0.1) is 6.92 Å². The molecule has 2 aromatic rings. The van der Waals surface area contributed by atoms with Gasteiger partial charge in [-0.05, 0) is 44.1 Å². The number of aromatic nitrogens is 2. The standard InChI is InChI=1S/C18H22N2O/c1-3-5-13-6-4-7-15-16(13)19-18(21)20-17(15)14-10-8-12(2)9-11-14/h8-11,13H,3-7H2,1-2H3,(H,19,20,21). The number of H-pyrrole nitrogens is 1.